The van der Waals surface area contributed by atoms with Crippen molar-refractivity contribution in [3.63, 3.8) is 0 Å². The van der Waals surface area contributed by atoms with Gasteiger partial charge >= 0.3 is 0 Å². The number of anilines is 2. The van der Waals surface area contributed by atoms with E-state index in [-0.39, 0.29) is 0 Å². The third-order valence-corrected chi connectivity index (χ3v) is 2.97. The zero-order valence-corrected chi connectivity index (χ0v) is 10.2. The topological polar surface area (TPSA) is 24.9 Å². The van der Waals surface area contributed by atoms with Crippen molar-refractivity contribution >= 4 is 35.7 Å². The predicted molar refractivity (Wildman–Crippen MR) is 79.6 cm³/mol. The molecular formula is C15H13BN2. The number of fused-ring (bicyclic) bond motifs is 1. The Morgan fingerprint density at radius 3 is 2.50 bits per heavy atom. The second-order valence-electron chi connectivity index (χ2n) is 4.33. The first kappa shape index (κ1) is 10.8. The molecule has 0 aliphatic rings. The molecular weight excluding hydrogens is 219 g/mol. The number of hydrogen-bond acceptors (Lipinski definition) is 2. The van der Waals surface area contributed by atoms with Crippen LogP contribution in [0.25, 0.3) is 10.9 Å². The molecule has 0 atom stereocenters. The Bertz CT molecular complexity index is 680. The highest BCUT2D eigenvalue weighted by atomic mass is 15.0. The summed E-state index contributed by atoms with van der Waals surface area (Å²) in [5.41, 5.74) is 3.31. The van der Waals surface area contributed by atoms with Crippen LogP contribution in [0.15, 0.2) is 60.7 Å². The second kappa shape index (κ2) is 4.53. The fourth-order valence-corrected chi connectivity index (χ4v) is 2.03. The van der Waals surface area contributed by atoms with E-state index in [1.807, 2.05) is 36.4 Å². The molecule has 0 bridgehead atoms. The number of aromatic nitrogens is 1. The van der Waals surface area contributed by atoms with E-state index in [2.05, 4.69) is 42.4 Å². The van der Waals surface area contributed by atoms with Crippen molar-refractivity contribution in [1.82, 2.24) is 4.98 Å². The summed E-state index contributed by atoms with van der Waals surface area (Å²) < 4.78 is 0. The monoisotopic (exact) mass is 232 g/mol. The van der Waals surface area contributed by atoms with Crippen molar-refractivity contribution < 1.29 is 0 Å². The van der Waals surface area contributed by atoms with Gasteiger partial charge in [-0.1, -0.05) is 41.9 Å². The average molecular weight is 232 g/mol. The lowest BCUT2D eigenvalue weighted by molar-refractivity contribution is 1.38. The number of pyridine rings is 1. The van der Waals surface area contributed by atoms with Gasteiger partial charge in [-0.3, -0.25) is 0 Å². The van der Waals surface area contributed by atoms with Crippen molar-refractivity contribution in [2.24, 2.45) is 0 Å². The predicted octanol–water partition coefficient (Wildman–Crippen LogP) is 2.24. The summed E-state index contributed by atoms with van der Waals surface area (Å²) in [6, 6.07) is 20.4. The van der Waals surface area contributed by atoms with E-state index in [9.17, 15) is 0 Å². The van der Waals surface area contributed by atoms with Crippen LogP contribution in [0.1, 0.15) is 0 Å². The Morgan fingerprint density at radius 2 is 1.67 bits per heavy atom. The average Bonchev–Trinajstić information content (AvgIpc) is 2.41. The standard InChI is InChI=1S/C15H13BN2/c16-13-8-4-5-11-9-10-14(18-15(11)13)17-12-6-2-1-3-7-12/h1-10H,16H2,(H,17,18). The summed E-state index contributed by atoms with van der Waals surface area (Å²) in [6.45, 7) is 0. The highest BCUT2D eigenvalue weighted by Gasteiger charge is 2.00. The molecule has 0 aliphatic heterocycles. The first-order chi connectivity index (χ1) is 8.83. The summed E-state index contributed by atoms with van der Waals surface area (Å²) in [5, 5.41) is 4.49. The van der Waals surface area contributed by atoms with Gasteiger partial charge in [0.15, 0.2) is 0 Å². The Labute approximate surface area is 107 Å². The summed E-state index contributed by atoms with van der Waals surface area (Å²) in [7, 11) is 2.08. The van der Waals surface area contributed by atoms with Crippen molar-refractivity contribution in [3.05, 3.63) is 60.7 Å². The van der Waals surface area contributed by atoms with Crippen LogP contribution in [0.3, 0.4) is 0 Å². The number of nitrogens with zero attached hydrogens (tertiary/aromatic N) is 1. The van der Waals surface area contributed by atoms with Gasteiger partial charge in [-0.05, 0) is 29.7 Å². The van der Waals surface area contributed by atoms with Gasteiger partial charge in [-0.25, -0.2) is 4.98 Å². The van der Waals surface area contributed by atoms with Gasteiger partial charge < -0.3 is 5.32 Å². The Balaban J connectivity index is 2.01. The fourth-order valence-electron chi connectivity index (χ4n) is 2.03. The number of rotatable bonds is 2. The number of hydrogen-bond donors (Lipinski definition) is 1. The van der Waals surface area contributed by atoms with Gasteiger partial charge in [0, 0.05) is 5.69 Å². The van der Waals surface area contributed by atoms with Crippen LogP contribution in [0.5, 0.6) is 0 Å². The molecule has 3 aromatic rings. The van der Waals surface area contributed by atoms with Crippen molar-refractivity contribution in [2.45, 2.75) is 0 Å². The molecule has 1 heterocycles. The van der Waals surface area contributed by atoms with E-state index in [1.165, 1.54) is 10.8 Å². The maximum Gasteiger partial charge on any atom is 0.142 e. The normalized spacial score (nSPS) is 10.4. The minimum Gasteiger partial charge on any atom is -0.340 e. The molecule has 2 aromatic carbocycles. The fraction of sp³-hybridized carbons (Fsp3) is 0. The molecule has 2 nitrogen and oxygen atoms in total. The van der Waals surface area contributed by atoms with Crippen LogP contribution in [-0.2, 0) is 0 Å². The van der Waals surface area contributed by atoms with Crippen LogP contribution in [-0.4, -0.2) is 12.8 Å². The minimum absolute atomic E-state index is 0.878. The van der Waals surface area contributed by atoms with Crippen molar-refractivity contribution in [1.29, 1.82) is 0 Å². The summed E-state index contributed by atoms with van der Waals surface area (Å²) in [4.78, 5) is 4.66. The molecule has 86 valence electrons. The SMILES string of the molecule is Bc1cccc2ccc(Nc3ccccc3)nc12. The molecule has 0 amide bonds. The van der Waals surface area contributed by atoms with Gasteiger partial charge in [-0.2, -0.15) is 0 Å². The maximum atomic E-state index is 4.66. The molecule has 3 heteroatoms. The molecule has 1 N–H and O–H groups in total. The summed E-state index contributed by atoms with van der Waals surface area (Å²) in [6.07, 6.45) is 0. The van der Waals surface area contributed by atoms with Crippen LogP contribution in [0.2, 0.25) is 0 Å². The van der Waals surface area contributed by atoms with Gasteiger partial charge in [0.25, 0.3) is 0 Å². The number of nitrogens with one attached hydrogen (secondary N) is 1. The van der Waals surface area contributed by atoms with Crippen molar-refractivity contribution in [3.8, 4) is 0 Å². The lowest BCUT2D eigenvalue weighted by Gasteiger charge is -2.07. The lowest BCUT2D eigenvalue weighted by atomic mass is 9.93. The van der Waals surface area contributed by atoms with E-state index >= 15 is 0 Å². The first-order valence-corrected chi connectivity index (χ1v) is 6.01. The quantitative estimate of drug-likeness (QED) is 0.685. The largest absolute Gasteiger partial charge is 0.340 e. The van der Waals surface area contributed by atoms with E-state index in [0.717, 1.165) is 17.0 Å². The van der Waals surface area contributed by atoms with Gasteiger partial charge in [0.05, 0.1) is 5.52 Å². The zero-order valence-electron chi connectivity index (χ0n) is 10.2. The summed E-state index contributed by atoms with van der Waals surface area (Å²) >= 11 is 0. The molecule has 0 spiro atoms. The molecule has 0 unspecified atom stereocenters. The second-order valence-corrected chi connectivity index (χ2v) is 4.33. The number of para-hydroxylation sites is 2. The minimum atomic E-state index is 0.878. The molecule has 1 aromatic heterocycles. The third kappa shape index (κ3) is 2.07. The van der Waals surface area contributed by atoms with Gasteiger partial charge in [0.1, 0.15) is 13.7 Å². The Morgan fingerprint density at radius 1 is 0.833 bits per heavy atom. The molecule has 0 fully saturated rings. The van der Waals surface area contributed by atoms with Crippen LogP contribution in [0.4, 0.5) is 11.5 Å². The maximum absolute atomic E-state index is 4.66. The van der Waals surface area contributed by atoms with Crippen LogP contribution >= 0.6 is 0 Å². The lowest BCUT2D eigenvalue weighted by Crippen LogP contribution is -2.05. The molecule has 0 aliphatic carbocycles. The van der Waals surface area contributed by atoms with Gasteiger partial charge in [0.2, 0.25) is 0 Å². The van der Waals surface area contributed by atoms with E-state index < -0.39 is 0 Å². The summed E-state index contributed by atoms with van der Waals surface area (Å²) in [5.74, 6) is 0.878. The first-order valence-electron chi connectivity index (χ1n) is 6.01. The zero-order chi connectivity index (χ0) is 12.4. The molecule has 18 heavy (non-hydrogen) atoms. The third-order valence-electron chi connectivity index (χ3n) is 2.97. The number of benzene rings is 2. The van der Waals surface area contributed by atoms with Crippen molar-refractivity contribution in [2.75, 3.05) is 5.32 Å². The Hall–Kier alpha value is -2.29. The smallest absolute Gasteiger partial charge is 0.142 e. The van der Waals surface area contributed by atoms with Crippen LogP contribution in [0, 0.1) is 0 Å². The molecule has 0 radical (unpaired) electrons. The van der Waals surface area contributed by atoms with E-state index in [0.29, 0.717) is 0 Å². The molecule has 0 saturated carbocycles. The highest BCUT2D eigenvalue weighted by Crippen LogP contribution is 2.17. The molecule has 0 saturated heterocycles. The molecule has 3 rings (SSSR count). The van der Waals surface area contributed by atoms with E-state index in [4.69, 9.17) is 0 Å². The highest BCUT2D eigenvalue weighted by molar-refractivity contribution is 6.38. The van der Waals surface area contributed by atoms with Gasteiger partial charge in [-0.15, -0.1) is 0 Å². The Kier molecular flexibility index (Phi) is 2.73. The van der Waals surface area contributed by atoms with Crippen LogP contribution < -0.4 is 10.8 Å². The van der Waals surface area contributed by atoms with E-state index in [1.54, 1.807) is 0 Å².